The standard InChI is InChI=1S/C16H9F3N2OS/c17-9-5-11(18)13(12(19)6-9)10-2-1-8-7-20-16(22)21-3-4-23-15(10)14(8)21/h1-2,5-7H,3-4H2. The Morgan fingerprint density at radius 3 is 2.61 bits per heavy atom. The molecule has 116 valence electrons. The zero-order chi connectivity index (χ0) is 16.1. The Morgan fingerprint density at radius 1 is 1.13 bits per heavy atom. The fourth-order valence-corrected chi connectivity index (χ4v) is 4.02. The van der Waals surface area contributed by atoms with Crippen molar-refractivity contribution in [2.24, 2.45) is 0 Å². The van der Waals surface area contributed by atoms with Gasteiger partial charge in [-0.15, -0.1) is 11.8 Å². The first-order valence-corrected chi connectivity index (χ1v) is 7.85. The van der Waals surface area contributed by atoms with Crippen molar-refractivity contribution in [3.05, 3.63) is 58.4 Å². The van der Waals surface area contributed by atoms with Gasteiger partial charge in [0.05, 0.1) is 11.1 Å². The number of aryl methyl sites for hydroxylation is 1. The van der Waals surface area contributed by atoms with E-state index in [1.54, 1.807) is 12.1 Å². The van der Waals surface area contributed by atoms with E-state index in [0.717, 1.165) is 5.39 Å². The number of benzene rings is 2. The lowest BCUT2D eigenvalue weighted by atomic mass is 10.0. The van der Waals surface area contributed by atoms with Gasteiger partial charge in [0.1, 0.15) is 17.5 Å². The molecule has 0 radical (unpaired) electrons. The van der Waals surface area contributed by atoms with Crippen LogP contribution < -0.4 is 5.69 Å². The van der Waals surface area contributed by atoms with Crippen molar-refractivity contribution in [2.45, 2.75) is 11.4 Å². The lowest BCUT2D eigenvalue weighted by Gasteiger charge is -2.21. The molecule has 0 unspecified atom stereocenters. The monoisotopic (exact) mass is 334 g/mol. The highest BCUT2D eigenvalue weighted by Crippen LogP contribution is 2.41. The Morgan fingerprint density at radius 2 is 1.87 bits per heavy atom. The zero-order valence-corrected chi connectivity index (χ0v) is 12.5. The molecule has 23 heavy (non-hydrogen) atoms. The second kappa shape index (κ2) is 5.13. The van der Waals surface area contributed by atoms with E-state index in [9.17, 15) is 18.0 Å². The van der Waals surface area contributed by atoms with Crippen LogP contribution in [0.5, 0.6) is 0 Å². The van der Waals surface area contributed by atoms with Crippen LogP contribution in [0.4, 0.5) is 13.2 Å². The van der Waals surface area contributed by atoms with Gasteiger partial charge in [-0.2, -0.15) is 0 Å². The van der Waals surface area contributed by atoms with Crippen molar-refractivity contribution in [1.29, 1.82) is 0 Å². The van der Waals surface area contributed by atoms with Gasteiger partial charge in [-0.3, -0.25) is 4.57 Å². The first kappa shape index (κ1) is 14.3. The molecule has 2 aromatic carbocycles. The van der Waals surface area contributed by atoms with E-state index in [1.807, 2.05) is 0 Å². The Labute approximate surface area is 132 Å². The third-order valence-corrected chi connectivity index (χ3v) is 4.90. The van der Waals surface area contributed by atoms with Crippen LogP contribution in [0, 0.1) is 17.5 Å². The summed E-state index contributed by atoms with van der Waals surface area (Å²) >= 11 is 1.42. The van der Waals surface area contributed by atoms with Gasteiger partial charge < -0.3 is 0 Å². The van der Waals surface area contributed by atoms with Crippen LogP contribution in [0.2, 0.25) is 0 Å². The van der Waals surface area contributed by atoms with Crippen molar-refractivity contribution in [1.82, 2.24) is 9.55 Å². The number of halogens is 3. The highest BCUT2D eigenvalue weighted by Gasteiger charge is 2.22. The molecule has 0 bridgehead atoms. The smallest absolute Gasteiger partial charge is 0.290 e. The highest BCUT2D eigenvalue weighted by atomic mass is 32.2. The molecule has 0 aliphatic carbocycles. The minimum Gasteiger partial charge on any atom is -0.290 e. The maximum Gasteiger partial charge on any atom is 0.348 e. The second-order valence-electron chi connectivity index (χ2n) is 5.17. The minimum atomic E-state index is -0.966. The average molecular weight is 334 g/mol. The fourth-order valence-electron chi connectivity index (χ4n) is 2.85. The van der Waals surface area contributed by atoms with E-state index in [0.29, 0.717) is 40.4 Å². The van der Waals surface area contributed by atoms with Gasteiger partial charge in [0, 0.05) is 46.5 Å². The van der Waals surface area contributed by atoms with E-state index >= 15 is 0 Å². The summed E-state index contributed by atoms with van der Waals surface area (Å²) in [6.07, 6.45) is 1.45. The number of hydrogen-bond acceptors (Lipinski definition) is 3. The highest BCUT2D eigenvalue weighted by molar-refractivity contribution is 7.99. The normalized spacial score (nSPS) is 13.5. The molecule has 0 spiro atoms. The number of rotatable bonds is 1. The summed E-state index contributed by atoms with van der Waals surface area (Å²) < 4.78 is 42.9. The van der Waals surface area contributed by atoms with E-state index < -0.39 is 23.1 Å². The number of nitrogens with zero attached hydrogens (tertiary/aromatic N) is 2. The number of hydrogen-bond donors (Lipinski definition) is 0. The predicted molar refractivity (Wildman–Crippen MR) is 82.0 cm³/mol. The van der Waals surface area contributed by atoms with E-state index in [-0.39, 0.29) is 5.56 Å². The Kier molecular flexibility index (Phi) is 3.19. The van der Waals surface area contributed by atoms with Crippen molar-refractivity contribution < 1.29 is 13.2 Å². The van der Waals surface area contributed by atoms with Gasteiger partial charge in [0.15, 0.2) is 0 Å². The summed E-state index contributed by atoms with van der Waals surface area (Å²) in [5.41, 5.74) is 0.253. The largest absolute Gasteiger partial charge is 0.348 e. The molecule has 1 aliphatic heterocycles. The van der Waals surface area contributed by atoms with Crippen LogP contribution in [0.1, 0.15) is 0 Å². The first-order valence-electron chi connectivity index (χ1n) is 6.86. The van der Waals surface area contributed by atoms with Gasteiger partial charge in [0.25, 0.3) is 0 Å². The molecule has 1 aliphatic rings. The van der Waals surface area contributed by atoms with E-state index in [1.165, 1.54) is 22.5 Å². The number of thioether (sulfide) groups is 1. The molecule has 3 aromatic rings. The van der Waals surface area contributed by atoms with Gasteiger partial charge in [-0.05, 0) is 0 Å². The minimum absolute atomic E-state index is 0.284. The van der Waals surface area contributed by atoms with Crippen LogP contribution in [-0.4, -0.2) is 15.3 Å². The molecular weight excluding hydrogens is 325 g/mol. The van der Waals surface area contributed by atoms with Crippen molar-refractivity contribution >= 4 is 22.7 Å². The lowest BCUT2D eigenvalue weighted by molar-refractivity contribution is 0.547. The summed E-state index contributed by atoms with van der Waals surface area (Å²) in [5.74, 6) is -2.30. The Bertz CT molecular complexity index is 993. The summed E-state index contributed by atoms with van der Waals surface area (Å²) in [6, 6.07) is 4.54. The third-order valence-electron chi connectivity index (χ3n) is 3.82. The predicted octanol–water partition coefficient (Wildman–Crippen LogP) is 3.59. The fraction of sp³-hybridized carbons (Fsp3) is 0.125. The SMILES string of the molecule is O=c1ncc2ccc(-c3c(F)cc(F)cc3F)c3c2n1CCS3. The molecule has 1 aromatic heterocycles. The summed E-state index contributed by atoms with van der Waals surface area (Å²) in [4.78, 5) is 16.3. The summed E-state index contributed by atoms with van der Waals surface area (Å²) in [5, 5.41) is 0.721. The lowest BCUT2D eigenvalue weighted by Crippen LogP contribution is -2.26. The molecule has 4 rings (SSSR count). The van der Waals surface area contributed by atoms with Crippen LogP contribution in [0.25, 0.3) is 22.0 Å². The molecule has 0 saturated carbocycles. The average Bonchev–Trinajstić information content (AvgIpc) is 2.51. The molecule has 0 fully saturated rings. The molecule has 2 heterocycles. The number of aromatic nitrogens is 2. The molecule has 0 amide bonds. The molecule has 0 N–H and O–H groups in total. The summed E-state index contributed by atoms with van der Waals surface area (Å²) in [6.45, 7) is 0.485. The van der Waals surface area contributed by atoms with Gasteiger partial charge >= 0.3 is 5.69 Å². The van der Waals surface area contributed by atoms with Crippen molar-refractivity contribution in [3.63, 3.8) is 0 Å². The van der Waals surface area contributed by atoms with Crippen LogP contribution >= 0.6 is 11.8 Å². The van der Waals surface area contributed by atoms with Crippen molar-refractivity contribution in [2.75, 3.05) is 5.75 Å². The molecular formula is C16H9F3N2OS. The Balaban J connectivity index is 2.11. The molecule has 0 atom stereocenters. The van der Waals surface area contributed by atoms with E-state index in [4.69, 9.17) is 0 Å². The molecule has 7 heteroatoms. The second-order valence-corrected chi connectivity index (χ2v) is 6.27. The maximum atomic E-state index is 14.1. The van der Waals surface area contributed by atoms with Gasteiger partial charge in [0.2, 0.25) is 0 Å². The van der Waals surface area contributed by atoms with E-state index in [2.05, 4.69) is 4.98 Å². The quantitative estimate of drug-likeness (QED) is 0.682. The van der Waals surface area contributed by atoms with Crippen LogP contribution in [0.3, 0.4) is 0 Å². The topological polar surface area (TPSA) is 34.9 Å². The maximum absolute atomic E-state index is 14.1. The third kappa shape index (κ3) is 2.15. The Hall–Kier alpha value is -2.28. The van der Waals surface area contributed by atoms with Gasteiger partial charge in [-0.25, -0.2) is 22.9 Å². The molecule has 0 saturated heterocycles. The zero-order valence-electron chi connectivity index (χ0n) is 11.6. The van der Waals surface area contributed by atoms with Crippen LogP contribution in [-0.2, 0) is 6.54 Å². The summed E-state index contributed by atoms with van der Waals surface area (Å²) in [7, 11) is 0. The first-order chi connectivity index (χ1) is 11.1. The van der Waals surface area contributed by atoms with Gasteiger partial charge in [-0.1, -0.05) is 12.1 Å². The van der Waals surface area contributed by atoms with Crippen molar-refractivity contribution in [3.8, 4) is 11.1 Å². The van der Waals surface area contributed by atoms with Crippen LogP contribution in [0.15, 0.2) is 40.2 Å². The molecule has 3 nitrogen and oxygen atoms in total.